The summed E-state index contributed by atoms with van der Waals surface area (Å²) in [7, 11) is 1.59. The molecule has 1 atom stereocenters. The van der Waals surface area contributed by atoms with Gasteiger partial charge in [-0.2, -0.15) is 0 Å². The molecule has 1 unspecified atom stereocenters. The molecule has 0 aromatic heterocycles. The number of hydrogen-bond acceptors (Lipinski definition) is 3. The Hall–Kier alpha value is -1.07. The second kappa shape index (κ2) is 6.20. The summed E-state index contributed by atoms with van der Waals surface area (Å²) in [5, 5.41) is 6.21. The van der Waals surface area contributed by atoms with Gasteiger partial charge in [-0.3, -0.25) is 4.79 Å². The van der Waals surface area contributed by atoms with Crippen molar-refractivity contribution in [3.05, 3.63) is 22.7 Å². The van der Waals surface area contributed by atoms with E-state index >= 15 is 0 Å². The Morgan fingerprint density at radius 2 is 2.44 bits per heavy atom. The zero-order chi connectivity index (χ0) is 13.0. The molecule has 1 saturated heterocycles. The summed E-state index contributed by atoms with van der Waals surface area (Å²) in [6.45, 7) is 1.01. The quantitative estimate of drug-likeness (QED) is 0.898. The molecule has 4 nitrogen and oxygen atoms in total. The maximum absolute atomic E-state index is 11.9. The number of nitrogens with one attached hydrogen (secondary N) is 2. The van der Waals surface area contributed by atoms with Gasteiger partial charge in [-0.25, -0.2) is 0 Å². The van der Waals surface area contributed by atoms with E-state index in [1.165, 1.54) is 0 Å². The summed E-state index contributed by atoms with van der Waals surface area (Å²) in [5.74, 6) is 0.691. The van der Waals surface area contributed by atoms with Crippen LogP contribution in [0.5, 0.6) is 5.75 Å². The van der Waals surface area contributed by atoms with Crippen LogP contribution in [0, 0.1) is 0 Å². The van der Waals surface area contributed by atoms with Crippen molar-refractivity contribution in [3.8, 4) is 5.75 Å². The molecular weight excluding hydrogens is 296 g/mol. The van der Waals surface area contributed by atoms with Crippen LogP contribution in [0.4, 0.5) is 5.69 Å². The third-order valence-electron chi connectivity index (χ3n) is 3.03. The fraction of sp³-hybridized carbons (Fsp3) is 0.462. The minimum atomic E-state index is 0.0193. The molecule has 5 heteroatoms. The molecule has 0 bridgehead atoms. The van der Waals surface area contributed by atoms with Crippen LogP contribution < -0.4 is 15.4 Å². The molecule has 1 amide bonds. The molecule has 1 aliphatic rings. The van der Waals surface area contributed by atoms with E-state index in [0.717, 1.165) is 23.9 Å². The predicted octanol–water partition coefficient (Wildman–Crippen LogP) is 2.54. The number of ether oxygens (including phenoxy) is 1. The van der Waals surface area contributed by atoms with Crippen LogP contribution in [-0.4, -0.2) is 25.6 Å². The number of hydrogen-bond donors (Lipinski definition) is 2. The van der Waals surface area contributed by atoms with Crippen LogP contribution in [0.1, 0.15) is 19.3 Å². The first-order valence-electron chi connectivity index (χ1n) is 6.06. The minimum Gasteiger partial charge on any atom is -0.495 e. The molecule has 98 valence electrons. The molecule has 0 aliphatic carbocycles. The Labute approximate surface area is 115 Å². The smallest absolute Gasteiger partial charge is 0.226 e. The van der Waals surface area contributed by atoms with Crippen LogP contribution in [0.15, 0.2) is 22.7 Å². The molecule has 2 N–H and O–H groups in total. The first kappa shape index (κ1) is 13.4. The third-order valence-corrected chi connectivity index (χ3v) is 3.52. The Kier molecular flexibility index (Phi) is 4.60. The summed E-state index contributed by atoms with van der Waals surface area (Å²) in [4.78, 5) is 11.9. The molecule has 1 aromatic carbocycles. The van der Waals surface area contributed by atoms with Crippen LogP contribution in [-0.2, 0) is 4.79 Å². The highest BCUT2D eigenvalue weighted by molar-refractivity contribution is 9.10. The van der Waals surface area contributed by atoms with Crippen molar-refractivity contribution >= 4 is 27.5 Å². The largest absolute Gasteiger partial charge is 0.495 e. The van der Waals surface area contributed by atoms with Gasteiger partial charge in [0.2, 0.25) is 5.91 Å². The second-order valence-electron chi connectivity index (χ2n) is 4.39. The summed E-state index contributed by atoms with van der Waals surface area (Å²) < 4.78 is 6.13. The topological polar surface area (TPSA) is 50.4 Å². The van der Waals surface area contributed by atoms with Gasteiger partial charge in [0.25, 0.3) is 0 Å². The first-order chi connectivity index (χ1) is 8.69. The Morgan fingerprint density at radius 1 is 1.61 bits per heavy atom. The molecule has 0 saturated carbocycles. The van der Waals surface area contributed by atoms with Crippen molar-refractivity contribution in [1.29, 1.82) is 0 Å². The van der Waals surface area contributed by atoms with Crippen molar-refractivity contribution in [1.82, 2.24) is 5.32 Å². The van der Waals surface area contributed by atoms with Gasteiger partial charge < -0.3 is 15.4 Å². The van der Waals surface area contributed by atoms with Gasteiger partial charge in [0.15, 0.2) is 0 Å². The SMILES string of the molecule is COc1ccc(Br)cc1NC(=O)CC1CCCN1. The van der Waals surface area contributed by atoms with E-state index in [4.69, 9.17) is 4.74 Å². The van der Waals surface area contributed by atoms with Gasteiger partial charge in [0.05, 0.1) is 12.8 Å². The average Bonchev–Trinajstić information content (AvgIpc) is 2.82. The lowest BCUT2D eigenvalue weighted by Crippen LogP contribution is -2.27. The molecule has 0 spiro atoms. The van der Waals surface area contributed by atoms with E-state index in [0.29, 0.717) is 23.9 Å². The highest BCUT2D eigenvalue weighted by Gasteiger charge is 2.18. The van der Waals surface area contributed by atoms with E-state index in [1.54, 1.807) is 7.11 Å². The van der Waals surface area contributed by atoms with Crippen molar-refractivity contribution in [2.24, 2.45) is 0 Å². The van der Waals surface area contributed by atoms with E-state index in [1.807, 2.05) is 18.2 Å². The van der Waals surface area contributed by atoms with Crippen molar-refractivity contribution in [3.63, 3.8) is 0 Å². The van der Waals surface area contributed by atoms with Gasteiger partial charge in [-0.05, 0) is 37.6 Å². The van der Waals surface area contributed by atoms with E-state index in [2.05, 4.69) is 26.6 Å². The highest BCUT2D eigenvalue weighted by Crippen LogP contribution is 2.28. The van der Waals surface area contributed by atoms with Crippen LogP contribution in [0.3, 0.4) is 0 Å². The number of methoxy groups -OCH3 is 1. The molecular formula is C13H17BrN2O2. The number of amides is 1. The Balaban J connectivity index is 1.99. The number of carbonyl (C=O) groups is 1. The van der Waals surface area contributed by atoms with Crippen molar-refractivity contribution < 1.29 is 9.53 Å². The van der Waals surface area contributed by atoms with Gasteiger partial charge in [-0.15, -0.1) is 0 Å². The van der Waals surface area contributed by atoms with E-state index in [-0.39, 0.29) is 5.91 Å². The number of rotatable bonds is 4. The minimum absolute atomic E-state index is 0.0193. The van der Waals surface area contributed by atoms with Crippen molar-refractivity contribution in [2.45, 2.75) is 25.3 Å². The Bertz CT molecular complexity index is 431. The summed E-state index contributed by atoms with van der Waals surface area (Å²) in [6.07, 6.45) is 2.73. The van der Waals surface area contributed by atoms with Gasteiger partial charge in [0.1, 0.15) is 5.75 Å². The molecule has 2 rings (SSSR count). The lowest BCUT2D eigenvalue weighted by molar-refractivity contribution is -0.116. The molecule has 1 heterocycles. The molecule has 0 radical (unpaired) electrons. The third kappa shape index (κ3) is 3.46. The summed E-state index contributed by atoms with van der Waals surface area (Å²) in [6, 6.07) is 5.86. The van der Waals surface area contributed by atoms with E-state index in [9.17, 15) is 4.79 Å². The second-order valence-corrected chi connectivity index (χ2v) is 5.31. The number of benzene rings is 1. The monoisotopic (exact) mass is 312 g/mol. The van der Waals surface area contributed by atoms with E-state index < -0.39 is 0 Å². The summed E-state index contributed by atoms with van der Waals surface area (Å²) in [5.41, 5.74) is 0.704. The summed E-state index contributed by atoms with van der Waals surface area (Å²) >= 11 is 3.38. The fourth-order valence-electron chi connectivity index (χ4n) is 2.13. The standard InChI is InChI=1S/C13H17BrN2O2/c1-18-12-5-4-9(14)7-11(12)16-13(17)8-10-3-2-6-15-10/h4-5,7,10,15H,2-3,6,8H2,1H3,(H,16,17). The molecule has 1 aromatic rings. The maximum atomic E-state index is 11.9. The van der Waals surface area contributed by atoms with Gasteiger partial charge >= 0.3 is 0 Å². The van der Waals surface area contributed by atoms with Crippen LogP contribution >= 0.6 is 15.9 Å². The normalized spacial score (nSPS) is 18.7. The predicted molar refractivity (Wildman–Crippen MR) is 75.0 cm³/mol. The molecule has 18 heavy (non-hydrogen) atoms. The van der Waals surface area contributed by atoms with Gasteiger partial charge in [0, 0.05) is 16.9 Å². The molecule has 1 fully saturated rings. The maximum Gasteiger partial charge on any atom is 0.226 e. The highest BCUT2D eigenvalue weighted by atomic mass is 79.9. The number of carbonyl (C=O) groups excluding carboxylic acids is 1. The number of halogens is 1. The zero-order valence-corrected chi connectivity index (χ0v) is 11.9. The van der Waals surface area contributed by atoms with Crippen molar-refractivity contribution in [2.75, 3.05) is 19.0 Å². The lowest BCUT2D eigenvalue weighted by atomic mass is 10.1. The Morgan fingerprint density at radius 3 is 3.11 bits per heavy atom. The zero-order valence-electron chi connectivity index (χ0n) is 10.3. The van der Waals surface area contributed by atoms with Crippen LogP contribution in [0.2, 0.25) is 0 Å². The molecule has 1 aliphatic heterocycles. The fourth-order valence-corrected chi connectivity index (χ4v) is 2.49. The van der Waals surface area contributed by atoms with Crippen LogP contribution in [0.25, 0.3) is 0 Å². The lowest BCUT2D eigenvalue weighted by Gasteiger charge is -2.13. The average molecular weight is 313 g/mol. The van der Waals surface area contributed by atoms with Gasteiger partial charge in [-0.1, -0.05) is 15.9 Å². The first-order valence-corrected chi connectivity index (χ1v) is 6.85. The number of anilines is 1.